The summed E-state index contributed by atoms with van der Waals surface area (Å²) in [4.78, 5) is 0. The lowest BCUT2D eigenvalue weighted by atomic mass is 9.97. The summed E-state index contributed by atoms with van der Waals surface area (Å²) in [5.41, 5.74) is -0.310. The summed E-state index contributed by atoms with van der Waals surface area (Å²) in [6, 6.07) is 9.29. The number of rotatable bonds is 1. The fraction of sp³-hybridized carbons (Fsp3) is 0.200. The number of aliphatic hydroxyl groups is 1. The first-order valence-electron chi connectivity index (χ1n) is 3.61. The molecule has 0 spiro atoms. The average molecular weight is 178 g/mol. The van der Waals surface area contributed by atoms with Gasteiger partial charge in [0.1, 0.15) is 5.60 Å². The zero-order valence-electron chi connectivity index (χ0n) is 6.78. The van der Waals surface area contributed by atoms with Crippen LogP contribution in [0, 0.1) is 11.2 Å². The highest BCUT2D eigenvalue weighted by molar-refractivity contribution is 7.85. The standard InChI is InChI=1S/C10H10OS/c1-10(11,7-8-12)9-5-3-2-4-6-9/h2-6,11-12H,1H3/t10-/m0/s1. The Morgan fingerprint density at radius 3 is 2.42 bits per heavy atom. The molecule has 0 unspecified atom stereocenters. The summed E-state index contributed by atoms with van der Waals surface area (Å²) in [7, 11) is 0. The van der Waals surface area contributed by atoms with Gasteiger partial charge < -0.3 is 5.11 Å². The predicted octanol–water partition coefficient (Wildman–Crippen LogP) is 1.78. The highest BCUT2D eigenvalue weighted by Crippen LogP contribution is 2.18. The fourth-order valence-corrected chi connectivity index (χ4v) is 1.16. The number of benzene rings is 1. The Morgan fingerprint density at radius 2 is 1.92 bits per heavy atom. The Bertz CT molecular complexity index is 306. The van der Waals surface area contributed by atoms with Crippen molar-refractivity contribution in [3.05, 3.63) is 35.9 Å². The van der Waals surface area contributed by atoms with Crippen LogP contribution in [-0.2, 0) is 5.60 Å². The molecule has 0 amide bonds. The van der Waals surface area contributed by atoms with Gasteiger partial charge in [-0.2, -0.15) is 0 Å². The van der Waals surface area contributed by atoms with Gasteiger partial charge in [-0.15, -0.1) is 0 Å². The molecule has 1 rings (SSSR count). The lowest BCUT2D eigenvalue weighted by Gasteiger charge is -2.15. The molecule has 0 saturated carbocycles. The van der Waals surface area contributed by atoms with E-state index in [1.807, 2.05) is 30.3 Å². The third-order valence-corrected chi connectivity index (χ3v) is 1.75. The van der Waals surface area contributed by atoms with Crippen molar-refractivity contribution in [1.29, 1.82) is 0 Å². The van der Waals surface area contributed by atoms with Crippen molar-refractivity contribution in [3.8, 4) is 11.2 Å². The quantitative estimate of drug-likeness (QED) is 0.496. The molecule has 0 saturated heterocycles. The lowest BCUT2D eigenvalue weighted by Crippen LogP contribution is -2.17. The van der Waals surface area contributed by atoms with Crippen molar-refractivity contribution in [2.75, 3.05) is 0 Å². The molecule has 0 heterocycles. The Balaban J connectivity index is 3.03. The molecule has 2 heteroatoms. The third-order valence-electron chi connectivity index (χ3n) is 1.64. The Labute approximate surface area is 77.8 Å². The molecule has 1 N–H and O–H groups in total. The molecule has 1 atom stereocenters. The van der Waals surface area contributed by atoms with Crippen molar-refractivity contribution in [3.63, 3.8) is 0 Å². The summed E-state index contributed by atoms with van der Waals surface area (Å²) >= 11 is 3.74. The Morgan fingerprint density at radius 1 is 1.33 bits per heavy atom. The molecular formula is C10H10OS. The molecular weight excluding hydrogens is 168 g/mol. The molecule has 0 radical (unpaired) electrons. The maximum atomic E-state index is 9.76. The molecule has 0 aliphatic rings. The van der Waals surface area contributed by atoms with E-state index in [1.54, 1.807) is 6.92 Å². The highest BCUT2D eigenvalue weighted by Gasteiger charge is 2.18. The van der Waals surface area contributed by atoms with Crippen molar-refractivity contribution in [2.45, 2.75) is 12.5 Å². The van der Waals surface area contributed by atoms with E-state index >= 15 is 0 Å². The van der Waals surface area contributed by atoms with Crippen molar-refractivity contribution in [1.82, 2.24) is 0 Å². The second kappa shape index (κ2) is 3.66. The second-order valence-electron chi connectivity index (χ2n) is 2.68. The lowest BCUT2D eigenvalue weighted by molar-refractivity contribution is 0.122. The largest absolute Gasteiger partial charge is 0.374 e. The van der Waals surface area contributed by atoms with E-state index in [-0.39, 0.29) is 0 Å². The molecule has 0 aromatic heterocycles. The van der Waals surface area contributed by atoms with Gasteiger partial charge in [0, 0.05) is 0 Å². The van der Waals surface area contributed by atoms with E-state index < -0.39 is 5.60 Å². The van der Waals surface area contributed by atoms with Crippen LogP contribution in [0.2, 0.25) is 0 Å². The number of hydrogen-bond acceptors (Lipinski definition) is 2. The third kappa shape index (κ3) is 2.04. The van der Waals surface area contributed by atoms with Gasteiger partial charge >= 0.3 is 0 Å². The van der Waals surface area contributed by atoms with E-state index in [0.29, 0.717) is 0 Å². The first-order valence-corrected chi connectivity index (χ1v) is 4.06. The monoisotopic (exact) mass is 178 g/mol. The molecule has 1 nitrogen and oxygen atoms in total. The topological polar surface area (TPSA) is 20.2 Å². The molecule has 1 aromatic carbocycles. The first-order chi connectivity index (χ1) is 5.67. The van der Waals surface area contributed by atoms with Gasteiger partial charge in [-0.05, 0) is 17.7 Å². The summed E-state index contributed by atoms with van der Waals surface area (Å²) in [6.45, 7) is 1.64. The minimum Gasteiger partial charge on any atom is -0.374 e. The van der Waals surface area contributed by atoms with E-state index in [0.717, 1.165) is 5.56 Å². The zero-order valence-corrected chi connectivity index (χ0v) is 7.68. The van der Waals surface area contributed by atoms with Crippen LogP contribution < -0.4 is 0 Å². The van der Waals surface area contributed by atoms with Crippen LogP contribution in [0.5, 0.6) is 0 Å². The highest BCUT2D eigenvalue weighted by atomic mass is 32.1. The molecule has 0 fully saturated rings. The van der Waals surface area contributed by atoms with Crippen LogP contribution in [0.3, 0.4) is 0 Å². The summed E-state index contributed by atoms with van der Waals surface area (Å²) in [5.74, 6) is 2.61. The van der Waals surface area contributed by atoms with E-state index in [9.17, 15) is 5.11 Å². The van der Waals surface area contributed by atoms with Gasteiger partial charge in [0.2, 0.25) is 0 Å². The van der Waals surface area contributed by atoms with Crippen LogP contribution >= 0.6 is 12.6 Å². The number of thiol groups is 1. The van der Waals surface area contributed by atoms with Crippen LogP contribution in [0.15, 0.2) is 30.3 Å². The van der Waals surface area contributed by atoms with Crippen LogP contribution in [-0.4, -0.2) is 5.11 Å². The summed E-state index contributed by atoms with van der Waals surface area (Å²) in [6.07, 6.45) is 0. The smallest absolute Gasteiger partial charge is 0.149 e. The van der Waals surface area contributed by atoms with E-state index in [1.165, 1.54) is 0 Å². The van der Waals surface area contributed by atoms with Gasteiger partial charge in [0.05, 0.1) is 0 Å². The van der Waals surface area contributed by atoms with Crippen LogP contribution in [0.1, 0.15) is 12.5 Å². The second-order valence-corrected chi connectivity index (χ2v) is 2.90. The SMILES string of the molecule is C[C@](O)(C#CS)c1ccccc1. The molecule has 12 heavy (non-hydrogen) atoms. The van der Waals surface area contributed by atoms with Crippen LogP contribution in [0.25, 0.3) is 0 Å². The Hall–Kier alpha value is -0.910. The van der Waals surface area contributed by atoms with Crippen LogP contribution in [0.4, 0.5) is 0 Å². The van der Waals surface area contributed by atoms with Crippen molar-refractivity contribution in [2.24, 2.45) is 0 Å². The molecule has 62 valence electrons. The number of hydrogen-bond donors (Lipinski definition) is 2. The Kier molecular flexibility index (Phi) is 2.80. The van der Waals surface area contributed by atoms with Crippen molar-refractivity contribution >= 4 is 12.6 Å². The average Bonchev–Trinajstić information content (AvgIpc) is 2.06. The van der Waals surface area contributed by atoms with Gasteiger partial charge in [-0.3, -0.25) is 0 Å². The van der Waals surface area contributed by atoms with Gasteiger partial charge in [-0.1, -0.05) is 48.9 Å². The minimum atomic E-state index is -1.09. The van der Waals surface area contributed by atoms with E-state index in [4.69, 9.17) is 0 Å². The van der Waals surface area contributed by atoms with Crippen molar-refractivity contribution < 1.29 is 5.11 Å². The molecule has 1 aromatic rings. The summed E-state index contributed by atoms with van der Waals surface area (Å²) < 4.78 is 0. The van der Waals surface area contributed by atoms with Gasteiger partial charge in [0.25, 0.3) is 0 Å². The molecule has 0 aliphatic carbocycles. The minimum absolute atomic E-state index is 0.784. The van der Waals surface area contributed by atoms with Gasteiger partial charge in [-0.25, -0.2) is 0 Å². The summed E-state index contributed by atoms with van der Waals surface area (Å²) in [5, 5.41) is 12.2. The zero-order chi connectivity index (χ0) is 9.03. The van der Waals surface area contributed by atoms with Gasteiger partial charge in [0.15, 0.2) is 0 Å². The molecule has 0 aliphatic heterocycles. The predicted molar refractivity (Wildman–Crippen MR) is 52.8 cm³/mol. The maximum absolute atomic E-state index is 9.76. The molecule has 0 bridgehead atoms. The first kappa shape index (κ1) is 9.18. The van der Waals surface area contributed by atoms with E-state index in [2.05, 4.69) is 23.8 Å². The fourth-order valence-electron chi connectivity index (χ4n) is 0.944. The maximum Gasteiger partial charge on any atom is 0.149 e. The normalized spacial score (nSPS) is 14.2.